The molecule has 0 amide bonds. The molecule has 2 heterocycles. The van der Waals surface area contributed by atoms with Crippen LogP contribution in [0.3, 0.4) is 0 Å². The summed E-state index contributed by atoms with van der Waals surface area (Å²) in [5, 5.41) is 7.93. The minimum atomic E-state index is -0.351. The lowest BCUT2D eigenvalue weighted by Crippen LogP contribution is -2.10. The molecule has 3 rings (SSSR count). The van der Waals surface area contributed by atoms with Gasteiger partial charge in [0.25, 0.3) is 0 Å². The average molecular weight is 339 g/mol. The zero-order chi connectivity index (χ0) is 14.3. The van der Waals surface area contributed by atoms with Crippen LogP contribution in [0, 0.1) is 5.82 Å². The van der Waals surface area contributed by atoms with Crippen LogP contribution in [0.5, 0.6) is 0 Å². The summed E-state index contributed by atoms with van der Waals surface area (Å²) in [5.41, 5.74) is 7.19. The molecule has 2 N–H and O–H groups in total. The smallest absolute Gasteiger partial charge is 0.201 e. The Balaban J connectivity index is 2.11. The Morgan fingerprint density at radius 2 is 2.20 bits per heavy atom. The maximum Gasteiger partial charge on any atom is 0.201 e. The number of nitrogen functional groups attached to an aromatic ring is 1. The van der Waals surface area contributed by atoms with Gasteiger partial charge in [0, 0.05) is 12.6 Å². The van der Waals surface area contributed by atoms with E-state index in [1.54, 1.807) is 17.0 Å². The van der Waals surface area contributed by atoms with Gasteiger partial charge in [0.15, 0.2) is 5.82 Å². The van der Waals surface area contributed by atoms with Gasteiger partial charge in [0.05, 0.1) is 22.1 Å². The van der Waals surface area contributed by atoms with Gasteiger partial charge in [-0.15, -0.1) is 10.2 Å². The summed E-state index contributed by atoms with van der Waals surface area (Å²) in [6.07, 6.45) is 1.65. The van der Waals surface area contributed by atoms with E-state index < -0.39 is 0 Å². The van der Waals surface area contributed by atoms with Crippen LogP contribution in [0.15, 0.2) is 22.9 Å². The molecular weight excluding hydrogens is 327 g/mol. The minimum absolute atomic E-state index is 0.322. The van der Waals surface area contributed by atoms with Crippen LogP contribution >= 0.6 is 15.9 Å². The van der Waals surface area contributed by atoms with Gasteiger partial charge in [-0.05, 0) is 28.9 Å². The van der Waals surface area contributed by atoms with Crippen LogP contribution in [0.25, 0.3) is 11.0 Å². The van der Waals surface area contributed by atoms with Crippen molar-refractivity contribution in [2.45, 2.75) is 20.0 Å². The molecule has 2 aromatic heterocycles. The third-order valence-corrected chi connectivity index (χ3v) is 3.76. The highest BCUT2D eigenvalue weighted by molar-refractivity contribution is 9.10. The number of aryl methyl sites for hydroxylation is 1. The Kier molecular flexibility index (Phi) is 3.17. The van der Waals surface area contributed by atoms with E-state index in [0.29, 0.717) is 28.0 Å². The number of aromatic nitrogens is 5. The lowest BCUT2D eigenvalue weighted by molar-refractivity contribution is 0.620. The first-order valence-electron chi connectivity index (χ1n) is 6.07. The Morgan fingerprint density at radius 1 is 1.40 bits per heavy atom. The second-order valence-corrected chi connectivity index (χ2v) is 5.20. The Bertz CT molecular complexity index is 778. The number of nitrogens with zero attached hydrogens (tertiary/aromatic N) is 5. The number of nitrogens with two attached hydrogens (primary N) is 1. The molecule has 1 aromatic carbocycles. The Hall–Kier alpha value is -1.96. The van der Waals surface area contributed by atoms with Gasteiger partial charge in [-0.1, -0.05) is 0 Å². The fraction of sp³-hybridized carbons (Fsp3) is 0.250. The van der Waals surface area contributed by atoms with Gasteiger partial charge in [-0.2, -0.15) is 0 Å². The third kappa shape index (κ3) is 2.05. The van der Waals surface area contributed by atoms with Crippen molar-refractivity contribution < 1.29 is 4.39 Å². The lowest BCUT2D eigenvalue weighted by atomic mass is 10.3. The van der Waals surface area contributed by atoms with E-state index in [4.69, 9.17) is 5.73 Å². The molecule has 0 saturated carbocycles. The predicted octanol–water partition coefficient (Wildman–Crippen LogP) is 2.18. The summed E-state index contributed by atoms with van der Waals surface area (Å²) in [4.78, 5) is 4.24. The molecule has 0 aliphatic rings. The summed E-state index contributed by atoms with van der Waals surface area (Å²) in [6, 6.07) is 3.03. The molecule has 0 atom stereocenters. The SMILES string of the molecule is CCn1cnnc1Cn1c(N)nc2cc(Br)c(F)cc21. The van der Waals surface area contributed by atoms with E-state index in [9.17, 15) is 4.39 Å². The summed E-state index contributed by atoms with van der Waals surface area (Å²) in [6.45, 7) is 3.16. The van der Waals surface area contributed by atoms with E-state index in [1.807, 2.05) is 11.5 Å². The number of benzene rings is 1. The first-order valence-corrected chi connectivity index (χ1v) is 6.87. The van der Waals surface area contributed by atoms with Gasteiger partial charge < -0.3 is 14.9 Å². The fourth-order valence-corrected chi connectivity index (χ4v) is 2.44. The average Bonchev–Trinajstić information content (AvgIpc) is 2.97. The molecule has 104 valence electrons. The summed E-state index contributed by atoms with van der Waals surface area (Å²) < 4.78 is 17.7. The number of anilines is 1. The van der Waals surface area contributed by atoms with E-state index >= 15 is 0 Å². The van der Waals surface area contributed by atoms with Crippen LogP contribution in [-0.2, 0) is 13.1 Å². The highest BCUT2D eigenvalue weighted by atomic mass is 79.9. The second-order valence-electron chi connectivity index (χ2n) is 4.34. The first kappa shape index (κ1) is 13.0. The molecule has 3 aromatic rings. The maximum absolute atomic E-state index is 13.7. The van der Waals surface area contributed by atoms with Crippen LogP contribution in [0.2, 0.25) is 0 Å². The van der Waals surface area contributed by atoms with E-state index in [0.717, 1.165) is 12.4 Å². The molecule has 0 radical (unpaired) electrons. The summed E-state index contributed by atoms with van der Waals surface area (Å²) in [5.74, 6) is 0.723. The number of hydrogen-bond donors (Lipinski definition) is 1. The van der Waals surface area contributed by atoms with Crippen molar-refractivity contribution in [2.75, 3.05) is 5.73 Å². The van der Waals surface area contributed by atoms with Gasteiger partial charge in [0.1, 0.15) is 12.1 Å². The number of imidazole rings is 1. The zero-order valence-corrected chi connectivity index (χ0v) is 12.3. The highest BCUT2D eigenvalue weighted by Crippen LogP contribution is 2.25. The molecule has 0 spiro atoms. The van der Waals surface area contributed by atoms with Crippen LogP contribution in [0.4, 0.5) is 10.3 Å². The fourth-order valence-electron chi connectivity index (χ4n) is 2.11. The predicted molar refractivity (Wildman–Crippen MR) is 76.6 cm³/mol. The number of hydrogen-bond acceptors (Lipinski definition) is 4. The van der Waals surface area contributed by atoms with E-state index in [-0.39, 0.29) is 5.82 Å². The van der Waals surface area contributed by atoms with Gasteiger partial charge in [-0.3, -0.25) is 0 Å². The van der Waals surface area contributed by atoms with Crippen molar-refractivity contribution in [3.63, 3.8) is 0 Å². The monoisotopic (exact) mass is 338 g/mol. The van der Waals surface area contributed by atoms with Gasteiger partial charge >= 0.3 is 0 Å². The minimum Gasteiger partial charge on any atom is -0.369 e. The summed E-state index contributed by atoms with van der Waals surface area (Å²) >= 11 is 3.14. The van der Waals surface area contributed by atoms with E-state index in [1.165, 1.54) is 6.07 Å². The van der Waals surface area contributed by atoms with Crippen LogP contribution < -0.4 is 5.73 Å². The Morgan fingerprint density at radius 3 is 2.95 bits per heavy atom. The topological polar surface area (TPSA) is 74.5 Å². The molecule has 0 unspecified atom stereocenters. The molecule has 0 saturated heterocycles. The standard InChI is InChI=1S/C12H12BrFN6/c1-2-19-6-16-18-11(19)5-20-10-4-8(14)7(13)3-9(10)17-12(20)15/h3-4,6H,2,5H2,1H3,(H2,15,17). The maximum atomic E-state index is 13.7. The van der Waals surface area contributed by atoms with Crippen molar-refractivity contribution in [3.8, 4) is 0 Å². The number of fused-ring (bicyclic) bond motifs is 1. The van der Waals surface area contributed by atoms with Gasteiger partial charge in [0.2, 0.25) is 5.95 Å². The molecule has 0 aliphatic heterocycles. The van der Waals surface area contributed by atoms with Gasteiger partial charge in [-0.25, -0.2) is 9.37 Å². The molecule has 0 fully saturated rings. The summed E-state index contributed by atoms with van der Waals surface area (Å²) in [7, 11) is 0. The molecule has 20 heavy (non-hydrogen) atoms. The molecule has 8 heteroatoms. The third-order valence-electron chi connectivity index (χ3n) is 3.16. The molecule has 0 bridgehead atoms. The van der Waals surface area contributed by atoms with Crippen LogP contribution in [-0.4, -0.2) is 24.3 Å². The van der Waals surface area contributed by atoms with Crippen molar-refractivity contribution in [3.05, 3.63) is 34.6 Å². The number of rotatable bonds is 3. The normalized spacial score (nSPS) is 11.3. The van der Waals surface area contributed by atoms with E-state index in [2.05, 4.69) is 31.1 Å². The zero-order valence-electron chi connectivity index (χ0n) is 10.7. The van der Waals surface area contributed by atoms with Crippen molar-refractivity contribution in [1.29, 1.82) is 0 Å². The van der Waals surface area contributed by atoms with Crippen LogP contribution in [0.1, 0.15) is 12.7 Å². The second kappa shape index (κ2) is 4.86. The Labute approximate surface area is 122 Å². The lowest BCUT2D eigenvalue weighted by Gasteiger charge is -2.07. The first-order chi connectivity index (χ1) is 9.60. The van der Waals surface area contributed by atoms with Crippen molar-refractivity contribution in [1.82, 2.24) is 24.3 Å². The highest BCUT2D eigenvalue weighted by Gasteiger charge is 2.14. The molecule has 6 nitrogen and oxygen atoms in total. The van der Waals surface area contributed by atoms with Crippen molar-refractivity contribution in [2.24, 2.45) is 0 Å². The molecular formula is C12H12BrFN6. The quantitative estimate of drug-likeness (QED) is 0.794. The van der Waals surface area contributed by atoms with Crippen molar-refractivity contribution >= 4 is 32.9 Å². The number of halogens is 2. The largest absolute Gasteiger partial charge is 0.369 e. The molecule has 0 aliphatic carbocycles.